The first-order valence-electron chi connectivity index (χ1n) is 3.49. The summed E-state index contributed by atoms with van der Waals surface area (Å²) in [7, 11) is 0. The van der Waals surface area contributed by atoms with Gasteiger partial charge >= 0.3 is 0 Å². The van der Waals surface area contributed by atoms with E-state index in [1.807, 2.05) is 18.2 Å². The lowest BCUT2D eigenvalue weighted by Crippen LogP contribution is -1.84. The lowest BCUT2D eigenvalue weighted by atomic mass is 10.1. The zero-order valence-corrected chi connectivity index (χ0v) is 6.22. The first kappa shape index (κ1) is 7.07. The minimum absolute atomic E-state index is 1.05. The second-order valence-electron chi connectivity index (χ2n) is 2.19. The highest BCUT2D eigenvalue weighted by Gasteiger charge is 1.92. The van der Waals surface area contributed by atoms with Crippen molar-refractivity contribution in [2.24, 2.45) is 0 Å². The highest BCUT2D eigenvalue weighted by Crippen LogP contribution is 2.07. The van der Waals surface area contributed by atoms with E-state index in [0.29, 0.717) is 0 Å². The lowest BCUT2D eigenvalue weighted by molar-refractivity contribution is 1.12. The smallest absolute Gasteiger partial charge is 0.0152 e. The van der Waals surface area contributed by atoms with Gasteiger partial charge in [-0.25, -0.2) is 0 Å². The summed E-state index contributed by atoms with van der Waals surface area (Å²) in [5, 5.41) is 0. The molecule has 0 amide bonds. The predicted molar refractivity (Wildman–Crippen MR) is 43.8 cm³/mol. The van der Waals surface area contributed by atoms with Gasteiger partial charge in [0.05, 0.1) is 0 Å². The van der Waals surface area contributed by atoms with Crippen molar-refractivity contribution in [3.8, 4) is 0 Å². The van der Waals surface area contributed by atoms with Crippen LogP contribution in [0.4, 0.5) is 0 Å². The molecule has 0 aromatic heterocycles. The molecule has 0 saturated heterocycles. The standard InChI is InChI=1S/C10H11/c1-3-9-7-5-6-8-10(9)4-2/h5-8H,1,4H2,2H3. The van der Waals surface area contributed by atoms with Gasteiger partial charge in [-0.1, -0.05) is 37.8 Å². The van der Waals surface area contributed by atoms with Gasteiger partial charge in [-0.2, -0.15) is 0 Å². The summed E-state index contributed by atoms with van der Waals surface area (Å²) < 4.78 is 0. The van der Waals surface area contributed by atoms with Crippen molar-refractivity contribution in [1.82, 2.24) is 0 Å². The van der Waals surface area contributed by atoms with Crippen molar-refractivity contribution in [1.29, 1.82) is 0 Å². The van der Waals surface area contributed by atoms with Crippen molar-refractivity contribution in [2.45, 2.75) is 13.3 Å². The van der Waals surface area contributed by atoms with Crippen LogP contribution in [0, 0.1) is 6.08 Å². The molecule has 0 nitrogen and oxygen atoms in total. The normalized spacial score (nSPS) is 9.30. The Labute approximate surface area is 62.2 Å². The maximum Gasteiger partial charge on any atom is -0.0152 e. The average molecular weight is 131 g/mol. The summed E-state index contributed by atoms with van der Waals surface area (Å²) in [6.07, 6.45) is 3.95. The van der Waals surface area contributed by atoms with E-state index in [-0.39, 0.29) is 0 Å². The van der Waals surface area contributed by atoms with Gasteiger partial charge in [0.2, 0.25) is 0 Å². The molecule has 0 heteroatoms. The molecule has 10 heavy (non-hydrogen) atoms. The van der Waals surface area contributed by atoms with E-state index < -0.39 is 0 Å². The topological polar surface area (TPSA) is 0 Å². The molecule has 0 aliphatic carbocycles. The van der Waals surface area contributed by atoms with Crippen LogP contribution in [0.1, 0.15) is 18.1 Å². The molecule has 0 aliphatic heterocycles. The van der Waals surface area contributed by atoms with Crippen LogP contribution in [0.5, 0.6) is 0 Å². The Morgan fingerprint density at radius 2 is 2.10 bits per heavy atom. The molecule has 0 heterocycles. The Morgan fingerprint density at radius 1 is 1.40 bits per heavy atom. The van der Waals surface area contributed by atoms with E-state index in [9.17, 15) is 0 Å². The maximum atomic E-state index is 3.61. The van der Waals surface area contributed by atoms with Crippen molar-refractivity contribution in [3.05, 3.63) is 48.0 Å². The summed E-state index contributed by atoms with van der Waals surface area (Å²) in [6.45, 7) is 5.75. The van der Waals surface area contributed by atoms with Crippen molar-refractivity contribution in [3.63, 3.8) is 0 Å². The maximum absolute atomic E-state index is 3.61. The first-order chi connectivity index (χ1) is 4.88. The first-order valence-corrected chi connectivity index (χ1v) is 3.49. The quantitative estimate of drug-likeness (QED) is 0.578. The molecular formula is C10H11. The molecule has 0 bridgehead atoms. The van der Waals surface area contributed by atoms with Crippen LogP contribution in [-0.2, 0) is 6.42 Å². The summed E-state index contributed by atoms with van der Waals surface area (Å²) in [5.74, 6) is 0. The van der Waals surface area contributed by atoms with Crippen molar-refractivity contribution >= 4 is 0 Å². The zero-order valence-electron chi connectivity index (χ0n) is 6.22. The Hall–Kier alpha value is -1.04. The fraction of sp³-hybridized carbons (Fsp3) is 0.200. The third-order valence-corrected chi connectivity index (χ3v) is 1.59. The highest BCUT2D eigenvalue weighted by molar-refractivity contribution is 5.31. The minimum Gasteiger partial charge on any atom is -0.0905 e. The van der Waals surface area contributed by atoms with E-state index >= 15 is 0 Å². The van der Waals surface area contributed by atoms with E-state index in [1.165, 1.54) is 5.56 Å². The lowest BCUT2D eigenvalue weighted by Gasteiger charge is -1.99. The van der Waals surface area contributed by atoms with Crippen LogP contribution < -0.4 is 0 Å². The van der Waals surface area contributed by atoms with Crippen LogP contribution in [0.15, 0.2) is 30.8 Å². The summed E-state index contributed by atoms with van der Waals surface area (Å²) in [4.78, 5) is 0. The van der Waals surface area contributed by atoms with Crippen LogP contribution >= 0.6 is 0 Å². The van der Waals surface area contributed by atoms with Gasteiger partial charge in [-0.3, -0.25) is 0 Å². The number of hydrogen-bond donors (Lipinski definition) is 0. The third-order valence-electron chi connectivity index (χ3n) is 1.59. The summed E-state index contributed by atoms with van der Waals surface area (Å²) >= 11 is 0. The van der Waals surface area contributed by atoms with Gasteiger partial charge < -0.3 is 0 Å². The predicted octanol–water partition coefficient (Wildman–Crippen LogP) is 2.59. The number of rotatable bonds is 2. The molecule has 0 unspecified atom stereocenters. The second kappa shape index (κ2) is 3.21. The van der Waals surface area contributed by atoms with Crippen molar-refractivity contribution < 1.29 is 0 Å². The summed E-state index contributed by atoms with van der Waals surface area (Å²) in [6, 6.07) is 8.19. The number of benzene rings is 1. The van der Waals surface area contributed by atoms with Crippen LogP contribution in [0.25, 0.3) is 0 Å². The Balaban J connectivity index is 3.08. The Kier molecular flexibility index (Phi) is 2.27. The number of hydrogen-bond acceptors (Lipinski definition) is 0. The molecule has 0 N–H and O–H groups in total. The van der Waals surface area contributed by atoms with E-state index in [1.54, 1.807) is 0 Å². The molecule has 1 rings (SSSR count). The van der Waals surface area contributed by atoms with Gasteiger partial charge in [0.1, 0.15) is 0 Å². The molecule has 0 aliphatic rings. The SMILES string of the molecule is C=[C]c1ccccc1CC. The molecule has 0 spiro atoms. The van der Waals surface area contributed by atoms with Gasteiger partial charge in [0.25, 0.3) is 0 Å². The van der Waals surface area contributed by atoms with Crippen LogP contribution in [0.2, 0.25) is 0 Å². The number of aryl methyl sites for hydroxylation is 1. The monoisotopic (exact) mass is 131 g/mol. The Bertz CT molecular complexity index is 223. The fourth-order valence-electron chi connectivity index (χ4n) is 1.00. The zero-order chi connectivity index (χ0) is 7.40. The van der Waals surface area contributed by atoms with Gasteiger partial charge in [0.15, 0.2) is 0 Å². The summed E-state index contributed by atoms with van der Waals surface area (Å²) in [5.41, 5.74) is 2.45. The molecule has 1 aromatic carbocycles. The van der Waals surface area contributed by atoms with E-state index in [4.69, 9.17) is 0 Å². The molecule has 0 atom stereocenters. The van der Waals surface area contributed by atoms with E-state index in [0.717, 1.165) is 12.0 Å². The Morgan fingerprint density at radius 3 is 2.60 bits per heavy atom. The van der Waals surface area contributed by atoms with Crippen molar-refractivity contribution in [2.75, 3.05) is 0 Å². The van der Waals surface area contributed by atoms with Gasteiger partial charge in [0, 0.05) is 0 Å². The molecule has 0 saturated carbocycles. The van der Waals surface area contributed by atoms with Gasteiger partial charge in [-0.05, 0) is 23.6 Å². The molecule has 51 valence electrons. The van der Waals surface area contributed by atoms with Crippen LogP contribution in [-0.4, -0.2) is 0 Å². The molecule has 1 aromatic rings. The van der Waals surface area contributed by atoms with E-state index in [2.05, 4.69) is 25.6 Å². The third kappa shape index (κ3) is 1.27. The average Bonchev–Trinajstić information content (AvgIpc) is 2.04. The molecular weight excluding hydrogens is 120 g/mol. The highest BCUT2D eigenvalue weighted by atomic mass is 14.0. The second-order valence-corrected chi connectivity index (χ2v) is 2.19. The van der Waals surface area contributed by atoms with Crippen LogP contribution in [0.3, 0.4) is 0 Å². The molecule has 1 radical (unpaired) electrons. The van der Waals surface area contributed by atoms with Gasteiger partial charge in [-0.15, -0.1) is 0 Å². The minimum atomic E-state index is 1.05. The molecule has 0 fully saturated rings. The largest absolute Gasteiger partial charge is 0.0905 e. The fourth-order valence-corrected chi connectivity index (χ4v) is 1.00.